The summed E-state index contributed by atoms with van der Waals surface area (Å²) >= 11 is 0. The molecule has 2 rings (SSSR count). The fourth-order valence-corrected chi connectivity index (χ4v) is 2.30. The van der Waals surface area contributed by atoms with Crippen molar-refractivity contribution in [3.05, 3.63) is 28.8 Å². The third-order valence-electron chi connectivity index (χ3n) is 3.20. The lowest BCUT2D eigenvalue weighted by Crippen LogP contribution is -2.19. The summed E-state index contributed by atoms with van der Waals surface area (Å²) in [5.74, 6) is 0.356. The maximum absolute atomic E-state index is 11.6. The van der Waals surface area contributed by atoms with Crippen molar-refractivity contribution in [3.8, 4) is 0 Å². The number of ketones is 1. The zero-order valence-corrected chi connectivity index (χ0v) is 9.63. The molecular weight excluding hydrogens is 186 g/mol. The first-order valence-electron chi connectivity index (χ1n) is 5.41. The minimum atomic E-state index is 0.356. The van der Waals surface area contributed by atoms with E-state index in [1.54, 1.807) is 0 Å². The number of rotatable bonds is 0. The first-order valence-corrected chi connectivity index (χ1v) is 5.41. The topological polar surface area (TPSA) is 20.3 Å². The van der Waals surface area contributed by atoms with Crippen molar-refractivity contribution in [1.29, 1.82) is 0 Å². The highest BCUT2D eigenvalue weighted by Gasteiger charge is 2.19. The minimum Gasteiger partial charge on any atom is -0.374 e. The molecule has 0 saturated heterocycles. The Bertz CT molecular complexity index is 409. The van der Waals surface area contributed by atoms with Crippen molar-refractivity contribution in [1.82, 2.24) is 0 Å². The van der Waals surface area contributed by atoms with Crippen LogP contribution in [0.15, 0.2) is 12.1 Å². The van der Waals surface area contributed by atoms with Gasteiger partial charge in [0.05, 0.1) is 0 Å². The van der Waals surface area contributed by atoms with Crippen LogP contribution in [0.2, 0.25) is 0 Å². The van der Waals surface area contributed by atoms with E-state index in [1.807, 2.05) is 0 Å². The van der Waals surface area contributed by atoms with Crippen molar-refractivity contribution in [2.75, 3.05) is 18.5 Å². The normalized spacial score (nSPS) is 16.2. The fraction of sp³-hybridized carbons (Fsp3) is 0.462. The number of anilines is 1. The summed E-state index contributed by atoms with van der Waals surface area (Å²) in [6.45, 7) is 5.05. The summed E-state index contributed by atoms with van der Waals surface area (Å²) in [5.41, 5.74) is 4.99. The van der Waals surface area contributed by atoms with Crippen molar-refractivity contribution in [2.45, 2.75) is 26.7 Å². The molecule has 2 heteroatoms. The van der Waals surface area contributed by atoms with Crippen LogP contribution in [0.4, 0.5) is 5.69 Å². The van der Waals surface area contributed by atoms with Crippen LogP contribution in [0, 0.1) is 13.8 Å². The molecule has 1 aliphatic heterocycles. The Morgan fingerprint density at radius 3 is 2.60 bits per heavy atom. The number of nitrogens with zero attached hydrogens (tertiary/aromatic N) is 1. The van der Waals surface area contributed by atoms with Crippen LogP contribution < -0.4 is 4.90 Å². The lowest BCUT2D eigenvalue weighted by atomic mass is 9.98. The highest BCUT2D eigenvalue weighted by Crippen LogP contribution is 2.30. The lowest BCUT2D eigenvalue weighted by molar-refractivity contribution is -0.118. The summed E-state index contributed by atoms with van der Waals surface area (Å²) in [6.07, 6.45) is 1.28. The molecular formula is C13H17NO. The predicted molar refractivity (Wildman–Crippen MR) is 62.5 cm³/mol. The van der Waals surface area contributed by atoms with E-state index in [1.165, 1.54) is 22.4 Å². The van der Waals surface area contributed by atoms with Crippen LogP contribution in [0.25, 0.3) is 0 Å². The molecule has 1 aromatic carbocycles. The van der Waals surface area contributed by atoms with Crippen LogP contribution in [0.1, 0.15) is 23.1 Å². The van der Waals surface area contributed by atoms with E-state index in [0.717, 1.165) is 6.54 Å². The summed E-state index contributed by atoms with van der Waals surface area (Å²) in [4.78, 5) is 13.8. The summed E-state index contributed by atoms with van der Waals surface area (Å²) in [7, 11) is 2.07. The van der Waals surface area contributed by atoms with Crippen molar-refractivity contribution < 1.29 is 4.79 Å². The Morgan fingerprint density at radius 2 is 1.87 bits per heavy atom. The van der Waals surface area contributed by atoms with Gasteiger partial charge in [-0.05, 0) is 30.5 Å². The van der Waals surface area contributed by atoms with Gasteiger partial charge in [0.15, 0.2) is 0 Å². The predicted octanol–water partition coefficient (Wildman–Crippen LogP) is 2.25. The van der Waals surface area contributed by atoms with Crippen molar-refractivity contribution in [3.63, 3.8) is 0 Å². The van der Waals surface area contributed by atoms with Gasteiger partial charge in [0.2, 0.25) is 0 Å². The first kappa shape index (κ1) is 10.2. The number of benzene rings is 1. The smallest absolute Gasteiger partial charge is 0.139 e. The molecule has 1 heterocycles. The summed E-state index contributed by atoms with van der Waals surface area (Å²) in [5, 5.41) is 0. The standard InChI is InChI=1S/C13H17NO/c1-9-4-5-10(2)13-12(9)8-11(15)6-7-14(13)3/h4-5H,6-8H2,1-3H3. The number of hydrogen-bond acceptors (Lipinski definition) is 2. The zero-order chi connectivity index (χ0) is 11.0. The van der Waals surface area contributed by atoms with E-state index in [4.69, 9.17) is 0 Å². The molecule has 2 nitrogen and oxygen atoms in total. The Labute approximate surface area is 90.9 Å². The van der Waals surface area contributed by atoms with Gasteiger partial charge in [-0.25, -0.2) is 0 Å². The van der Waals surface area contributed by atoms with Gasteiger partial charge in [0, 0.05) is 32.1 Å². The van der Waals surface area contributed by atoms with E-state index in [-0.39, 0.29) is 0 Å². The number of fused-ring (bicyclic) bond motifs is 1. The van der Waals surface area contributed by atoms with Gasteiger partial charge in [-0.1, -0.05) is 12.1 Å². The largest absolute Gasteiger partial charge is 0.374 e. The van der Waals surface area contributed by atoms with Gasteiger partial charge in [0.1, 0.15) is 5.78 Å². The third kappa shape index (κ3) is 1.76. The Hall–Kier alpha value is -1.31. The van der Waals surface area contributed by atoms with Gasteiger partial charge >= 0.3 is 0 Å². The van der Waals surface area contributed by atoms with Gasteiger partial charge in [-0.15, -0.1) is 0 Å². The van der Waals surface area contributed by atoms with Crippen molar-refractivity contribution >= 4 is 11.5 Å². The molecule has 0 N–H and O–H groups in total. The molecule has 0 saturated carbocycles. The zero-order valence-electron chi connectivity index (χ0n) is 9.63. The number of Topliss-reactive ketones (excluding diaryl/α,β-unsaturated/α-hetero) is 1. The van der Waals surface area contributed by atoms with Crippen LogP contribution in [0.3, 0.4) is 0 Å². The number of carbonyl (C=O) groups is 1. The molecule has 0 radical (unpaired) electrons. The summed E-state index contributed by atoms with van der Waals surface area (Å²) < 4.78 is 0. The third-order valence-corrected chi connectivity index (χ3v) is 3.20. The molecule has 0 unspecified atom stereocenters. The Morgan fingerprint density at radius 1 is 1.20 bits per heavy atom. The van der Waals surface area contributed by atoms with Crippen LogP contribution in [-0.4, -0.2) is 19.4 Å². The maximum atomic E-state index is 11.6. The second kappa shape index (κ2) is 3.69. The lowest BCUT2D eigenvalue weighted by Gasteiger charge is -2.22. The average molecular weight is 203 g/mol. The Balaban J connectivity index is 2.60. The molecule has 0 aliphatic carbocycles. The molecule has 0 bridgehead atoms. The molecule has 1 aromatic rings. The molecule has 0 atom stereocenters. The van der Waals surface area contributed by atoms with Crippen LogP contribution >= 0.6 is 0 Å². The number of carbonyl (C=O) groups excluding carboxylic acids is 1. The van der Waals surface area contributed by atoms with E-state index in [9.17, 15) is 4.79 Å². The van der Waals surface area contributed by atoms with Gasteiger partial charge in [-0.3, -0.25) is 4.79 Å². The highest BCUT2D eigenvalue weighted by atomic mass is 16.1. The van der Waals surface area contributed by atoms with Gasteiger partial charge in [-0.2, -0.15) is 0 Å². The molecule has 0 amide bonds. The van der Waals surface area contributed by atoms with Gasteiger partial charge < -0.3 is 4.90 Å². The molecule has 0 fully saturated rings. The van der Waals surface area contributed by atoms with E-state index >= 15 is 0 Å². The quantitative estimate of drug-likeness (QED) is 0.644. The van der Waals surface area contributed by atoms with Crippen LogP contribution in [-0.2, 0) is 11.2 Å². The SMILES string of the molecule is Cc1ccc(C)c2c1CC(=O)CCN2C. The fourth-order valence-electron chi connectivity index (χ4n) is 2.30. The van der Waals surface area contributed by atoms with E-state index in [2.05, 4.69) is 37.9 Å². The average Bonchev–Trinajstić information content (AvgIpc) is 2.34. The van der Waals surface area contributed by atoms with Crippen molar-refractivity contribution in [2.24, 2.45) is 0 Å². The molecule has 15 heavy (non-hydrogen) atoms. The van der Waals surface area contributed by atoms with E-state index in [0.29, 0.717) is 18.6 Å². The second-order valence-electron chi connectivity index (χ2n) is 4.41. The number of aryl methyl sites for hydroxylation is 2. The molecule has 0 aromatic heterocycles. The molecule has 0 spiro atoms. The Kier molecular flexibility index (Phi) is 2.51. The minimum absolute atomic E-state index is 0.356. The molecule has 1 aliphatic rings. The van der Waals surface area contributed by atoms with Gasteiger partial charge in [0.25, 0.3) is 0 Å². The van der Waals surface area contributed by atoms with E-state index < -0.39 is 0 Å². The highest BCUT2D eigenvalue weighted by molar-refractivity contribution is 5.85. The first-order chi connectivity index (χ1) is 7.09. The maximum Gasteiger partial charge on any atom is 0.139 e. The second-order valence-corrected chi connectivity index (χ2v) is 4.41. The number of hydrogen-bond donors (Lipinski definition) is 0. The molecule has 80 valence electrons. The summed E-state index contributed by atoms with van der Waals surface area (Å²) in [6, 6.07) is 4.25. The van der Waals surface area contributed by atoms with Crippen LogP contribution in [0.5, 0.6) is 0 Å². The monoisotopic (exact) mass is 203 g/mol.